The van der Waals surface area contributed by atoms with Crippen LogP contribution < -0.4 is 9.47 Å². The van der Waals surface area contributed by atoms with Crippen LogP contribution in [-0.4, -0.2) is 49.9 Å². The minimum absolute atomic E-state index is 0.0624. The van der Waals surface area contributed by atoms with E-state index in [0.717, 1.165) is 11.3 Å². The zero-order chi connectivity index (χ0) is 18.4. The predicted octanol–water partition coefficient (Wildman–Crippen LogP) is 2.87. The number of rotatable bonds is 8. The molecule has 0 spiro atoms. The van der Waals surface area contributed by atoms with Crippen molar-refractivity contribution in [2.24, 2.45) is 11.1 Å². The fourth-order valence-corrected chi connectivity index (χ4v) is 2.73. The Kier molecular flexibility index (Phi) is 6.44. The first kappa shape index (κ1) is 18.8. The van der Waals surface area contributed by atoms with E-state index in [2.05, 4.69) is 11.7 Å². The summed E-state index contributed by atoms with van der Waals surface area (Å²) in [5.74, 6) is 1.34. The molecule has 136 valence electrons. The molecule has 0 saturated carbocycles. The lowest BCUT2D eigenvalue weighted by atomic mass is 10.0. The highest BCUT2D eigenvalue weighted by Crippen LogP contribution is 2.29. The molecule has 1 unspecified atom stereocenters. The fraction of sp³-hybridized carbons (Fsp3) is 0.474. The summed E-state index contributed by atoms with van der Waals surface area (Å²) < 4.78 is 10.6. The molecule has 0 N–H and O–H groups in total. The zero-order valence-corrected chi connectivity index (χ0v) is 15.3. The molecule has 1 aliphatic heterocycles. The van der Waals surface area contributed by atoms with Crippen LogP contribution in [0.3, 0.4) is 0 Å². The van der Waals surface area contributed by atoms with Gasteiger partial charge in [-0.05, 0) is 18.2 Å². The number of hydrogen-bond donors (Lipinski definition) is 0. The van der Waals surface area contributed by atoms with E-state index >= 15 is 0 Å². The van der Waals surface area contributed by atoms with Crippen molar-refractivity contribution in [1.29, 1.82) is 0 Å². The zero-order valence-electron chi connectivity index (χ0n) is 15.3. The number of methoxy groups -OCH3 is 2. The third kappa shape index (κ3) is 4.53. The van der Waals surface area contributed by atoms with Gasteiger partial charge in [0.05, 0.1) is 26.5 Å². The number of carbonyl (C=O) groups is 1. The van der Waals surface area contributed by atoms with Crippen LogP contribution in [0.25, 0.3) is 0 Å². The summed E-state index contributed by atoms with van der Waals surface area (Å²) in [6.45, 7) is 8.49. The maximum Gasteiger partial charge on any atom is 0.225 e. The molecule has 1 heterocycles. The molecule has 6 heteroatoms. The number of ether oxygens (including phenoxy) is 2. The predicted molar refractivity (Wildman–Crippen MR) is 97.2 cm³/mol. The van der Waals surface area contributed by atoms with Crippen LogP contribution >= 0.6 is 0 Å². The van der Waals surface area contributed by atoms with E-state index in [4.69, 9.17) is 14.3 Å². The molecule has 2 rings (SSSR count). The quantitative estimate of drug-likeness (QED) is 0.679. The molecule has 1 atom stereocenters. The van der Waals surface area contributed by atoms with Gasteiger partial charge in [-0.1, -0.05) is 25.1 Å². The second-order valence-corrected chi connectivity index (χ2v) is 6.23. The van der Waals surface area contributed by atoms with Crippen LogP contribution in [0.15, 0.2) is 36.0 Å². The van der Waals surface area contributed by atoms with Crippen molar-refractivity contribution in [3.63, 3.8) is 0 Å². The second kappa shape index (κ2) is 8.55. The van der Waals surface area contributed by atoms with E-state index < -0.39 is 0 Å². The van der Waals surface area contributed by atoms with Crippen LogP contribution in [0, 0.1) is 5.92 Å². The van der Waals surface area contributed by atoms with Crippen molar-refractivity contribution in [2.45, 2.75) is 26.4 Å². The molecule has 0 saturated heterocycles. The van der Waals surface area contributed by atoms with Gasteiger partial charge in [0.25, 0.3) is 0 Å². The molecule has 1 aromatic rings. The van der Waals surface area contributed by atoms with E-state index in [9.17, 15) is 4.79 Å². The smallest absolute Gasteiger partial charge is 0.225 e. The molecule has 0 aromatic heterocycles. The number of benzene rings is 1. The minimum Gasteiger partial charge on any atom is -0.493 e. The SMILES string of the molecule is C=CCN(CC1CC(c2ccc(OC)c(OC)c2)=NO1)C(=O)C(C)C. The van der Waals surface area contributed by atoms with Crippen molar-refractivity contribution in [3.05, 3.63) is 36.4 Å². The monoisotopic (exact) mass is 346 g/mol. The lowest BCUT2D eigenvalue weighted by molar-refractivity contribution is -0.135. The molecule has 6 nitrogen and oxygen atoms in total. The van der Waals surface area contributed by atoms with E-state index in [1.165, 1.54) is 0 Å². The number of carbonyl (C=O) groups excluding carboxylic acids is 1. The normalized spacial score (nSPS) is 16.2. The lowest BCUT2D eigenvalue weighted by Gasteiger charge is -2.25. The summed E-state index contributed by atoms with van der Waals surface area (Å²) >= 11 is 0. The third-order valence-corrected chi connectivity index (χ3v) is 4.03. The molecule has 0 fully saturated rings. The standard InChI is InChI=1S/C19H26N2O4/c1-6-9-21(19(22)13(2)3)12-15-11-16(20-25-15)14-7-8-17(23-4)18(10-14)24-5/h6-8,10,13,15H,1,9,11-12H2,2-5H3. The van der Waals surface area contributed by atoms with Crippen molar-refractivity contribution < 1.29 is 19.1 Å². The Bertz CT molecular complexity index is 655. The molecular formula is C19H26N2O4. The van der Waals surface area contributed by atoms with Crippen molar-refractivity contribution in [3.8, 4) is 11.5 Å². The minimum atomic E-state index is -0.161. The summed E-state index contributed by atoms with van der Waals surface area (Å²) in [7, 11) is 3.20. The summed E-state index contributed by atoms with van der Waals surface area (Å²) in [4.78, 5) is 19.6. The molecular weight excluding hydrogens is 320 g/mol. The van der Waals surface area contributed by atoms with Gasteiger partial charge >= 0.3 is 0 Å². The Balaban J connectivity index is 2.05. The summed E-state index contributed by atoms with van der Waals surface area (Å²) in [6.07, 6.45) is 2.20. The van der Waals surface area contributed by atoms with E-state index in [1.54, 1.807) is 25.2 Å². The highest BCUT2D eigenvalue weighted by Gasteiger charge is 2.27. The Morgan fingerprint density at radius 3 is 2.72 bits per heavy atom. The summed E-state index contributed by atoms with van der Waals surface area (Å²) in [5.41, 5.74) is 1.76. The molecule has 1 aliphatic rings. The average Bonchev–Trinajstić information content (AvgIpc) is 3.08. The number of hydrogen-bond acceptors (Lipinski definition) is 5. The van der Waals surface area contributed by atoms with Gasteiger partial charge in [0.1, 0.15) is 0 Å². The van der Waals surface area contributed by atoms with Crippen LogP contribution in [0.5, 0.6) is 11.5 Å². The van der Waals surface area contributed by atoms with E-state index in [0.29, 0.717) is 31.0 Å². The largest absolute Gasteiger partial charge is 0.493 e. The van der Waals surface area contributed by atoms with Crippen LogP contribution in [0.2, 0.25) is 0 Å². The average molecular weight is 346 g/mol. The maximum atomic E-state index is 12.3. The van der Waals surface area contributed by atoms with Gasteiger partial charge < -0.3 is 19.2 Å². The van der Waals surface area contributed by atoms with Crippen molar-refractivity contribution >= 4 is 11.6 Å². The van der Waals surface area contributed by atoms with Crippen LogP contribution in [0.4, 0.5) is 0 Å². The van der Waals surface area contributed by atoms with Gasteiger partial charge in [-0.3, -0.25) is 4.79 Å². The van der Waals surface area contributed by atoms with Gasteiger partial charge in [-0.25, -0.2) is 0 Å². The molecule has 0 aliphatic carbocycles. The molecule has 0 bridgehead atoms. The second-order valence-electron chi connectivity index (χ2n) is 6.23. The highest BCUT2D eigenvalue weighted by atomic mass is 16.6. The van der Waals surface area contributed by atoms with Gasteiger partial charge in [-0.15, -0.1) is 6.58 Å². The summed E-state index contributed by atoms with van der Waals surface area (Å²) in [6, 6.07) is 5.65. The van der Waals surface area contributed by atoms with Crippen LogP contribution in [0.1, 0.15) is 25.8 Å². The Hall–Kier alpha value is -2.50. The number of amides is 1. The van der Waals surface area contributed by atoms with Crippen LogP contribution in [-0.2, 0) is 9.63 Å². The first-order valence-electron chi connectivity index (χ1n) is 8.34. The first-order chi connectivity index (χ1) is 12.0. The van der Waals surface area contributed by atoms with E-state index in [-0.39, 0.29) is 17.9 Å². The van der Waals surface area contributed by atoms with Gasteiger partial charge in [-0.2, -0.15) is 0 Å². The third-order valence-electron chi connectivity index (χ3n) is 4.03. The van der Waals surface area contributed by atoms with Gasteiger partial charge in [0, 0.05) is 24.4 Å². The topological polar surface area (TPSA) is 60.4 Å². The Morgan fingerprint density at radius 2 is 2.12 bits per heavy atom. The molecule has 25 heavy (non-hydrogen) atoms. The van der Waals surface area contributed by atoms with Gasteiger partial charge in [0.2, 0.25) is 5.91 Å². The number of oxime groups is 1. The number of nitrogens with zero attached hydrogens (tertiary/aromatic N) is 2. The van der Waals surface area contributed by atoms with Crippen molar-refractivity contribution in [2.75, 3.05) is 27.3 Å². The molecule has 1 aromatic carbocycles. The molecule has 0 radical (unpaired) electrons. The first-order valence-corrected chi connectivity index (χ1v) is 8.34. The Labute approximate surface area is 149 Å². The molecule has 1 amide bonds. The fourth-order valence-electron chi connectivity index (χ4n) is 2.73. The Morgan fingerprint density at radius 1 is 1.40 bits per heavy atom. The van der Waals surface area contributed by atoms with Crippen molar-refractivity contribution in [1.82, 2.24) is 4.90 Å². The summed E-state index contributed by atoms with van der Waals surface area (Å²) in [5, 5.41) is 4.19. The lowest BCUT2D eigenvalue weighted by Crippen LogP contribution is -2.40. The maximum absolute atomic E-state index is 12.3. The van der Waals surface area contributed by atoms with E-state index in [1.807, 2.05) is 32.0 Å². The highest BCUT2D eigenvalue weighted by molar-refractivity contribution is 6.01. The van der Waals surface area contributed by atoms with Gasteiger partial charge in [0.15, 0.2) is 17.6 Å².